The number of aliphatic hydroxyl groups is 2. The molecule has 0 saturated heterocycles. The lowest BCUT2D eigenvalue weighted by atomic mass is 9.54. The number of esters is 1. The summed E-state index contributed by atoms with van der Waals surface area (Å²) in [5, 5.41) is 33.7. The van der Waals surface area contributed by atoms with Crippen LogP contribution < -0.4 is 9.47 Å². The van der Waals surface area contributed by atoms with E-state index in [1.807, 2.05) is 0 Å². The molecule has 3 atom stereocenters. The number of fused-ring (bicyclic) bond motifs is 1. The molecular formula is C24H20O6. The van der Waals surface area contributed by atoms with Crippen LogP contribution in [0.15, 0.2) is 66.7 Å². The van der Waals surface area contributed by atoms with Crippen LogP contribution in [-0.2, 0) is 16.0 Å². The number of methoxy groups -OCH3 is 1. The quantitative estimate of drug-likeness (QED) is 0.459. The fourth-order valence-electron chi connectivity index (χ4n) is 4.81. The van der Waals surface area contributed by atoms with Gasteiger partial charge in [-0.25, -0.2) is 0 Å². The molecule has 6 nitrogen and oxygen atoms in total. The lowest BCUT2D eigenvalue weighted by Crippen LogP contribution is -2.57. The maximum Gasteiger partial charge on any atom is 0.318 e. The Labute approximate surface area is 172 Å². The van der Waals surface area contributed by atoms with Gasteiger partial charge in [0.2, 0.25) is 0 Å². The van der Waals surface area contributed by atoms with Gasteiger partial charge in [0.25, 0.3) is 0 Å². The molecule has 2 bridgehead atoms. The molecule has 3 aliphatic carbocycles. The smallest absolute Gasteiger partial charge is 0.318 e. The van der Waals surface area contributed by atoms with Gasteiger partial charge in [-0.15, -0.1) is 0 Å². The van der Waals surface area contributed by atoms with Gasteiger partial charge in [-0.05, 0) is 46.5 Å². The largest absolute Gasteiger partial charge is 0.504 e. The minimum Gasteiger partial charge on any atom is -0.504 e. The molecule has 3 aromatic carbocycles. The molecule has 3 aromatic rings. The predicted octanol–water partition coefficient (Wildman–Crippen LogP) is 2.81. The van der Waals surface area contributed by atoms with Gasteiger partial charge >= 0.3 is 5.97 Å². The summed E-state index contributed by atoms with van der Waals surface area (Å²) in [5.41, 5.74) is -1.21. The van der Waals surface area contributed by atoms with Crippen LogP contribution in [0.1, 0.15) is 28.7 Å². The highest BCUT2D eigenvalue weighted by Crippen LogP contribution is 2.60. The summed E-state index contributed by atoms with van der Waals surface area (Å²) in [5.74, 6) is -1.43. The average molecular weight is 404 g/mol. The predicted molar refractivity (Wildman–Crippen MR) is 107 cm³/mol. The number of phenols is 1. The van der Waals surface area contributed by atoms with E-state index in [9.17, 15) is 20.1 Å². The maximum absolute atomic E-state index is 13.2. The first kappa shape index (κ1) is 18.7. The third-order valence-corrected chi connectivity index (χ3v) is 6.23. The zero-order valence-corrected chi connectivity index (χ0v) is 16.2. The van der Waals surface area contributed by atoms with E-state index in [1.165, 1.54) is 19.2 Å². The first-order valence-corrected chi connectivity index (χ1v) is 9.63. The number of ether oxygens (including phenoxy) is 2. The number of hydrogen-bond acceptors (Lipinski definition) is 6. The van der Waals surface area contributed by atoms with Crippen LogP contribution in [0.4, 0.5) is 0 Å². The summed E-state index contributed by atoms with van der Waals surface area (Å²) < 4.78 is 10.7. The minimum atomic E-state index is -1.69. The van der Waals surface area contributed by atoms with E-state index in [-0.39, 0.29) is 17.9 Å². The molecule has 152 valence electrons. The second-order valence-corrected chi connectivity index (χ2v) is 7.73. The fraction of sp³-hybridized carbons (Fsp3) is 0.208. The van der Waals surface area contributed by atoms with Crippen molar-refractivity contribution in [2.45, 2.75) is 17.6 Å². The van der Waals surface area contributed by atoms with E-state index >= 15 is 0 Å². The molecule has 6 heteroatoms. The van der Waals surface area contributed by atoms with Gasteiger partial charge < -0.3 is 24.8 Å². The van der Waals surface area contributed by atoms with Crippen LogP contribution in [0.25, 0.3) is 0 Å². The van der Waals surface area contributed by atoms with Gasteiger partial charge in [0, 0.05) is 6.42 Å². The highest BCUT2D eigenvalue weighted by molar-refractivity contribution is 5.81. The third-order valence-electron chi connectivity index (χ3n) is 6.23. The van der Waals surface area contributed by atoms with Crippen molar-refractivity contribution in [2.24, 2.45) is 5.92 Å². The van der Waals surface area contributed by atoms with Crippen molar-refractivity contribution in [3.63, 3.8) is 0 Å². The van der Waals surface area contributed by atoms with Crippen LogP contribution in [-0.4, -0.2) is 28.4 Å². The SMILES string of the molecule is COc1ccc2c(c1)C1(O)CC(C(=O)Oc3ccccc3O)C2(O)c2ccccc21. The number of carbonyl (C=O) groups excluding carboxylic acids is 1. The van der Waals surface area contributed by atoms with Gasteiger partial charge in [-0.1, -0.05) is 42.5 Å². The van der Waals surface area contributed by atoms with Crippen LogP contribution >= 0.6 is 0 Å². The molecule has 0 spiro atoms. The van der Waals surface area contributed by atoms with Crippen molar-refractivity contribution in [3.8, 4) is 17.2 Å². The summed E-state index contributed by atoms with van der Waals surface area (Å²) in [6.07, 6.45) is -0.0624. The first-order chi connectivity index (χ1) is 14.4. The zero-order valence-electron chi connectivity index (χ0n) is 16.2. The summed E-state index contributed by atoms with van der Waals surface area (Å²) in [6, 6.07) is 18.2. The van der Waals surface area contributed by atoms with Crippen molar-refractivity contribution in [2.75, 3.05) is 7.11 Å². The molecule has 6 rings (SSSR count). The molecular weight excluding hydrogens is 384 g/mol. The number of aromatic hydroxyl groups is 1. The topological polar surface area (TPSA) is 96.2 Å². The molecule has 3 unspecified atom stereocenters. The van der Waals surface area contributed by atoms with Crippen LogP contribution in [0.3, 0.4) is 0 Å². The summed E-state index contributed by atoms with van der Waals surface area (Å²) in [7, 11) is 1.53. The van der Waals surface area contributed by atoms with Crippen LogP contribution in [0, 0.1) is 5.92 Å². The molecule has 0 radical (unpaired) electrons. The second-order valence-electron chi connectivity index (χ2n) is 7.73. The number of hydrogen-bond donors (Lipinski definition) is 3. The Morgan fingerprint density at radius 2 is 1.60 bits per heavy atom. The Hall–Kier alpha value is -3.35. The van der Waals surface area contributed by atoms with Crippen molar-refractivity contribution >= 4 is 5.97 Å². The standard InChI is InChI=1S/C24H20O6/c1-29-14-10-11-17-18(12-14)23(27)13-19(22(26)30-21-9-5-4-8-20(21)25)24(17,28)16-7-3-2-6-15(16)23/h2-12,19,25,27-28H,13H2,1H3. The van der Waals surface area contributed by atoms with E-state index in [0.717, 1.165) is 0 Å². The highest BCUT2D eigenvalue weighted by Gasteiger charge is 2.62. The van der Waals surface area contributed by atoms with E-state index in [2.05, 4.69) is 0 Å². The molecule has 0 aliphatic heterocycles. The number of para-hydroxylation sites is 2. The number of phenolic OH excluding ortho intramolecular Hbond substituents is 1. The lowest BCUT2D eigenvalue weighted by Gasteiger charge is -2.53. The van der Waals surface area contributed by atoms with Crippen molar-refractivity contribution in [3.05, 3.63) is 89.0 Å². The summed E-state index contributed by atoms with van der Waals surface area (Å²) in [6.45, 7) is 0. The van der Waals surface area contributed by atoms with E-state index in [4.69, 9.17) is 9.47 Å². The van der Waals surface area contributed by atoms with Crippen molar-refractivity contribution in [1.29, 1.82) is 0 Å². The van der Waals surface area contributed by atoms with Crippen LogP contribution in [0.5, 0.6) is 17.2 Å². The molecule has 30 heavy (non-hydrogen) atoms. The van der Waals surface area contributed by atoms with Gasteiger partial charge in [0.05, 0.1) is 13.0 Å². The minimum absolute atomic E-state index is 0.00257. The number of benzene rings is 3. The maximum atomic E-state index is 13.2. The van der Waals surface area contributed by atoms with Gasteiger partial charge in [0.15, 0.2) is 11.5 Å². The third kappa shape index (κ3) is 2.35. The van der Waals surface area contributed by atoms with E-state index < -0.39 is 23.1 Å². The van der Waals surface area contributed by atoms with E-state index in [1.54, 1.807) is 54.6 Å². The zero-order chi connectivity index (χ0) is 21.1. The van der Waals surface area contributed by atoms with E-state index in [0.29, 0.717) is 28.0 Å². The summed E-state index contributed by atoms with van der Waals surface area (Å²) in [4.78, 5) is 13.2. The normalized spacial score (nSPS) is 25.9. The van der Waals surface area contributed by atoms with Crippen molar-refractivity contribution in [1.82, 2.24) is 0 Å². The van der Waals surface area contributed by atoms with Gasteiger partial charge in [0.1, 0.15) is 17.0 Å². The number of rotatable bonds is 3. The fourth-order valence-corrected chi connectivity index (χ4v) is 4.81. The average Bonchev–Trinajstić information content (AvgIpc) is 2.77. The Morgan fingerprint density at radius 3 is 2.33 bits per heavy atom. The molecule has 3 N–H and O–H groups in total. The molecule has 0 fully saturated rings. The number of carbonyl (C=O) groups is 1. The molecule has 0 saturated carbocycles. The lowest BCUT2D eigenvalue weighted by molar-refractivity contribution is -0.157. The Morgan fingerprint density at radius 1 is 0.933 bits per heavy atom. The second kappa shape index (κ2) is 6.32. The monoisotopic (exact) mass is 404 g/mol. The summed E-state index contributed by atoms with van der Waals surface area (Å²) >= 11 is 0. The molecule has 3 aliphatic rings. The first-order valence-electron chi connectivity index (χ1n) is 9.63. The van der Waals surface area contributed by atoms with Gasteiger partial charge in [-0.2, -0.15) is 0 Å². The van der Waals surface area contributed by atoms with Crippen LogP contribution in [0.2, 0.25) is 0 Å². The Balaban J connectivity index is 1.67. The Kier molecular flexibility index (Phi) is 3.93. The van der Waals surface area contributed by atoms with Crippen molar-refractivity contribution < 1.29 is 29.6 Å². The molecule has 0 aromatic heterocycles. The molecule has 0 amide bonds. The Bertz CT molecular complexity index is 1170. The highest BCUT2D eigenvalue weighted by atomic mass is 16.5. The molecule has 0 heterocycles. The van der Waals surface area contributed by atoms with Gasteiger partial charge in [-0.3, -0.25) is 4.79 Å².